The molecule has 0 aromatic heterocycles. The number of likely N-dealkylation sites (tertiary alicyclic amines) is 1. The van der Waals surface area contributed by atoms with Crippen molar-refractivity contribution in [1.82, 2.24) is 4.90 Å². The average Bonchev–Trinajstić information content (AvgIpc) is 2.69. The fourth-order valence-electron chi connectivity index (χ4n) is 4.04. The summed E-state index contributed by atoms with van der Waals surface area (Å²) in [4.78, 5) is 15.9. The fraction of sp³-hybridized carbons (Fsp3) is 0.458. The Morgan fingerprint density at radius 2 is 1.39 bits per heavy atom. The molecule has 1 aliphatic rings. The summed E-state index contributed by atoms with van der Waals surface area (Å²) >= 11 is 0. The van der Waals surface area contributed by atoms with Crippen LogP contribution in [0.4, 0.5) is 5.69 Å². The molecule has 1 heterocycles. The fourth-order valence-corrected chi connectivity index (χ4v) is 4.04. The standard InChI is InChI=1S/C24H32N2O2/c1-17(2)18-5-7-19(8-6-18)23(20-9-11-22(12-10-20)25(3)4)26-15-13-21(14-16-26)24(27)28/h5-12,17,21,23H,13-16H2,1-4H3,(H,27,28). The number of rotatable bonds is 6. The van der Waals surface area contributed by atoms with Gasteiger partial charge < -0.3 is 10.0 Å². The molecule has 28 heavy (non-hydrogen) atoms. The van der Waals surface area contributed by atoms with E-state index in [1.807, 2.05) is 14.1 Å². The first kappa shape index (κ1) is 20.4. The largest absolute Gasteiger partial charge is 0.481 e. The number of carbonyl (C=O) groups is 1. The molecular weight excluding hydrogens is 348 g/mol. The summed E-state index contributed by atoms with van der Waals surface area (Å²) in [6.45, 7) is 6.04. The first-order valence-corrected chi connectivity index (χ1v) is 10.2. The molecule has 1 atom stereocenters. The number of nitrogens with zero attached hydrogens (tertiary/aromatic N) is 2. The molecule has 150 valence electrons. The van der Waals surface area contributed by atoms with Crippen molar-refractivity contribution in [3.8, 4) is 0 Å². The second-order valence-corrected chi connectivity index (χ2v) is 8.36. The van der Waals surface area contributed by atoms with Crippen LogP contribution < -0.4 is 4.90 Å². The van der Waals surface area contributed by atoms with E-state index in [-0.39, 0.29) is 12.0 Å². The zero-order valence-corrected chi connectivity index (χ0v) is 17.4. The van der Waals surface area contributed by atoms with Crippen LogP contribution in [0, 0.1) is 5.92 Å². The predicted octanol–water partition coefficient (Wildman–Crippen LogP) is 4.76. The van der Waals surface area contributed by atoms with Gasteiger partial charge in [0.05, 0.1) is 12.0 Å². The van der Waals surface area contributed by atoms with Crippen LogP contribution in [0.25, 0.3) is 0 Å². The molecule has 0 saturated carbocycles. The number of carboxylic acid groups (broad SMARTS) is 1. The van der Waals surface area contributed by atoms with Crippen molar-refractivity contribution in [2.24, 2.45) is 5.92 Å². The monoisotopic (exact) mass is 380 g/mol. The zero-order valence-electron chi connectivity index (χ0n) is 17.4. The van der Waals surface area contributed by atoms with Gasteiger partial charge in [0.15, 0.2) is 0 Å². The van der Waals surface area contributed by atoms with Crippen LogP contribution in [0.2, 0.25) is 0 Å². The van der Waals surface area contributed by atoms with E-state index in [1.165, 1.54) is 22.4 Å². The van der Waals surface area contributed by atoms with Gasteiger partial charge in [-0.1, -0.05) is 50.2 Å². The molecule has 2 aromatic rings. The maximum absolute atomic E-state index is 11.4. The number of carboxylic acids is 1. The van der Waals surface area contributed by atoms with Crippen LogP contribution in [0.3, 0.4) is 0 Å². The second kappa shape index (κ2) is 8.78. The summed E-state index contributed by atoms with van der Waals surface area (Å²) in [5.74, 6) is -0.359. The predicted molar refractivity (Wildman–Crippen MR) is 115 cm³/mol. The lowest BCUT2D eigenvalue weighted by Crippen LogP contribution is -2.39. The number of piperidine rings is 1. The summed E-state index contributed by atoms with van der Waals surface area (Å²) in [5.41, 5.74) is 5.06. The quantitative estimate of drug-likeness (QED) is 0.784. The van der Waals surface area contributed by atoms with Crippen LogP contribution in [0.1, 0.15) is 55.3 Å². The molecule has 0 radical (unpaired) electrons. The highest BCUT2D eigenvalue weighted by Gasteiger charge is 2.30. The lowest BCUT2D eigenvalue weighted by atomic mass is 9.90. The molecule has 1 aliphatic heterocycles. The van der Waals surface area contributed by atoms with Crippen molar-refractivity contribution in [2.45, 2.75) is 38.6 Å². The third kappa shape index (κ3) is 4.56. The van der Waals surface area contributed by atoms with Gasteiger partial charge in [0.1, 0.15) is 0 Å². The Morgan fingerprint density at radius 1 is 0.929 bits per heavy atom. The van der Waals surface area contributed by atoms with Crippen molar-refractivity contribution in [3.05, 3.63) is 65.2 Å². The summed E-state index contributed by atoms with van der Waals surface area (Å²) in [5, 5.41) is 9.34. The van der Waals surface area contributed by atoms with Crippen LogP contribution in [-0.2, 0) is 4.79 Å². The molecule has 3 rings (SSSR count). The highest BCUT2D eigenvalue weighted by atomic mass is 16.4. The lowest BCUT2D eigenvalue weighted by Gasteiger charge is -2.37. The van der Waals surface area contributed by atoms with Gasteiger partial charge >= 0.3 is 5.97 Å². The van der Waals surface area contributed by atoms with Gasteiger partial charge in [-0.25, -0.2) is 0 Å². The maximum atomic E-state index is 11.4. The highest BCUT2D eigenvalue weighted by Crippen LogP contribution is 2.34. The molecule has 0 amide bonds. The van der Waals surface area contributed by atoms with E-state index < -0.39 is 5.97 Å². The smallest absolute Gasteiger partial charge is 0.306 e. The SMILES string of the molecule is CC(C)c1ccc(C(c2ccc(N(C)C)cc2)N2CCC(C(=O)O)CC2)cc1. The third-order valence-electron chi connectivity index (χ3n) is 5.89. The Labute approximate surface area is 168 Å². The van der Waals surface area contributed by atoms with E-state index >= 15 is 0 Å². The minimum absolute atomic E-state index is 0.159. The molecule has 4 nitrogen and oxygen atoms in total. The summed E-state index contributed by atoms with van der Waals surface area (Å²) in [6.07, 6.45) is 1.43. The lowest BCUT2D eigenvalue weighted by molar-refractivity contribution is -0.143. The van der Waals surface area contributed by atoms with Gasteiger partial charge in [-0.3, -0.25) is 9.69 Å². The molecule has 1 unspecified atom stereocenters. The van der Waals surface area contributed by atoms with Gasteiger partial charge in [-0.2, -0.15) is 0 Å². The zero-order chi connectivity index (χ0) is 20.3. The number of hydrogen-bond acceptors (Lipinski definition) is 3. The van der Waals surface area contributed by atoms with Crippen LogP contribution in [-0.4, -0.2) is 43.2 Å². The van der Waals surface area contributed by atoms with E-state index in [9.17, 15) is 9.90 Å². The molecule has 0 spiro atoms. The normalized spacial score (nSPS) is 16.9. The van der Waals surface area contributed by atoms with Crippen molar-refractivity contribution in [1.29, 1.82) is 0 Å². The van der Waals surface area contributed by atoms with E-state index in [2.05, 4.69) is 72.2 Å². The van der Waals surface area contributed by atoms with Crippen LogP contribution >= 0.6 is 0 Å². The van der Waals surface area contributed by atoms with Gasteiger partial charge in [-0.05, 0) is 60.7 Å². The average molecular weight is 381 g/mol. The molecule has 0 aliphatic carbocycles. The van der Waals surface area contributed by atoms with Crippen molar-refractivity contribution >= 4 is 11.7 Å². The Kier molecular flexibility index (Phi) is 6.40. The minimum atomic E-state index is -0.659. The Hall–Kier alpha value is -2.33. The molecular formula is C24H32N2O2. The number of aliphatic carboxylic acids is 1. The Bertz CT molecular complexity index is 722. The number of benzene rings is 2. The molecule has 0 bridgehead atoms. The molecule has 2 aromatic carbocycles. The topological polar surface area (TPSA) is 43.8 Å². The highest BCUT2D eigenvalue weighted by molar-refractivity contribution is 5.70. The van der Waals surface area contributed by atoms with E-state index in [4.69, 9.17) is 0 Å². The van der Waals surface area contributed by atoms with Crippen molar-refractivity contribution in [2.75, 3.05) is 32.1 Å². The maximum Gasteiger partial charge on any atom is 0.306 e. The second-order valence-electron chi connectivity index (χ2n) is 8.36. The number of hydrogen-bond donors (Lipinski definition) is 1. The third-order valence-corrected chi connectivity index (χ3v) is 5.89. The molecule has 4 heteroatoms. The van der Waals surface area contributed by atoms with E-state index in [1.54, 1.807) is 0 Å². The van der Waals surface area contributed by atoms with Gasteiger partial charge in [0, 0.05) is 19.8 Å². The van der Waals surface area contributed by atoms with Crippen molar-refractivity contribution < 1.29 is 9.90 Å². The number of anilines is 1. The summed E-state index contributed by atoms with van der Waals surface area (Å²) in [6, 6.07) is 17.8. The van der Waals surface area contributed by atoms with Crippen LogP contribution in [0.15, 0.2) is 48.5 Å². The van der Waals surface area contributed by atoms with Gasteiger partial charge in [0.2, 0.25) is 0 Å². The Balaban J connectivity index is 1.91. The summed E-state index contributed by atoms with van der Waals surface area (Å²) in [7, 11) is 4.10. The van der Waals surface area contributed by atoms with Gasteiger partial charge in [-0.15, -0.1) is 0 Å². The molecule has 1 N–H and O–H groups in total. The minimum Gasteiger partial charge on any atom is -0.481 e. The van der Waals surface area contributed by atoms with E-state index in [0.29, 0.717) is 18.8 Å². The summed E-state index contributed by atoms with van der Waals surface area (Å²) < 4.78 is 0. The van der Waals surface area contributed by atoms with Crippen molar-refractivity contribution in [3.63, 3.8) is 0 Å². The van der Waals surface area contributed by atoms with Crippen LogP contribution in [0.5, 0.6) is 0 Å². The first-order valence-electron chi connectivity index (χ1n) is 10.2. The van der Waals surface area contributed by atoms with E-state index in [0.717, 1.165) is 13.1 Å². The molecule has 1 fully saturated rings. The Morgan fingerprint density at radius 3 is 1.82 bits per heavy atom. The molecule has 1 saturated heterocycles. The first-order chi connectivity index (χ1) is 13.4. The van der Waals surface area contributed by atoms with Gasteiger partial charge in [0.25, 0.3) is 0 Å².